The van der Waals surface area contributed by atoms with Crippen LogP contribution in [0.4, 0.5) is 0 Å². The van der Waals surface area contributed by atoms with Gasteiger partial charge >= 0.3 is 5.97 Å². The predicted molar refractivity (Wildman–Crippen MR) is 110 cm³/mol. The molecule has 2 fully saturated rings. The van der Waals surface area contributed by atoms with Crippen LogP contribution >= 0.6 is 0 Å². The van der Waals surface area contributed by atoms with Crippen molar-refractivity contribution in [3.63, 3.8) is 0 Å². The summed E-state index contributed by atoms with van der Waals surface area (Å²) in [6, 6.07) is 19.0. The van der Waals surface area contributed by atoms with Crippen LogP contribution in [0.15, 0.2) is 60.7 Å². The zero-order chi connectivity index (χ0) is 21.0. The number of carbonyl (C=O) groups is 1. The van der Waals surface area contributed by atoms with Gasteiger partial charge in [0.15, 0.2) is 12.1 Å². The first-order chi connectivity index (χ1) is 14.5. The largest absolute Gasteiger partial charge is 0.462 e. The topological polar surface area (TPSA) is 63.2 Å². The van der Waals surface area contributed by atoms with E-state index in [-0.39, 0.29) is 30.7 Å². The molecule has 2 aromatic rings. The lowest BCUT2D eigenvalue weighted by Crippen LogP contribution is -2.37. The number of hydrogen-bond donors (Lipinski definition) is 0. The lowest BCUT2D eigenvalue weighted by atomic mass is 10.0. The fourth-order valence-electron chi connectivity index (χ4n) is 3.81. The van der Waals surface area contributed by atoms with Crippen molar-refractivity contribution in [1.29, 1.82) is 0 Å². The van der Waals surface area contributed by atoms with Crippen molar-refractivity contribution in [2.24, 2.45) is 5.92 Å². The molecule has 2 unspecified atom stereocenters. The van der Waals surface area contributed by atoms with Crippen molar-refractivity contribution >= 4 is 5.97 Å². The summed E-state index contributed by atoms with van der Waals surface area (Å²) in [5.74, 6) is -1.08. The molecule has 6 heteroatoms. The molecule has 0 bridgehead atoms. The zero-order valence-electron chi connectivity index (χ0n) is 17.4. The maximum absolute atomic E-state index is 12.3. The van der Waals surface area contributed by atoms with E-state index >= 15 is 0 Å². The summed E-state index contributed by atoms with van der Waals surface area (Å²) in [5.41, 5.74) is 1.62. The lowest BCUT2D eigenvalue weighted by Gasteiger charge is -2.26. The monoisotopic (exact) mass is 412 g/mol. The minimum Gasteiger partial charge on any atom is -0.462 e. The molecule has 2 aliphatic heterocycles. The van der Waals surface area contributed by atoms with Crippen LogP contribution in [0.5, 0.6) is 0 Å². The number of ether oxygens (including phenoxy) is 5. The van der Waals surface area contributed by atoms with E-state index in [4.69, 9.17) is 23.7 Å². The second-order valence-corrected chi connectivity index (χ2v) is 8.20. The van der Waals surface area contributed by atoms with Gasteiger partial charge in [-0.2, -0.15) is 0 Å². The Morgan fingerprint density at radius 1 is 1.03 bits per heavy atom. The molecular formula is C24H28O6. The van der Waals surface area contributed by atoms with Crippen LogP contribution in [0.3, 0.4) is 0 Å². The molecule has 0 spiro atoms. The SMILES string of the molecule is CC1(C)OC2C(OCc3ccccc3)C[C@H](COC(=O)c3ccccc3)CO[C@@H]2O1. The molecule has 4 rings (SSSR count). The predicted octanol–water partition coefficient (Wildman–Crippen LogP) is 3.94. The molecule has 0 aliphatic carbocycles. The molecule has 30 heavy (non-hydrogen) atoms. The molecule has 0 N–H and O–H groups in total. The molecule has 160 valence electrons. The Morgan fingerprint density at radius 2 is 1.73 bits per heavy atom. The summed E-state index contributed by atoms with van der Waals surface area (Å²) in [6.45, 7) is 4.88. The first-order valence-electron chi connectivity index (χ1n) is 10.3. The Labute approximate surface area is 177 Å². The van der Waals surface area contributed by atoms with Crippen molar-refractivity contribution in [2.45, 2.75) is 51.2 Å². The van der Waals surface area contributed by atoms with E-state index < -0.39 is 12.1 Å². The van der Waals surface area contributed by atoms with Crippen molar-refractivity contribution in [3.05, 3.63) is 71.8 Å². The highest BCUT2D eigenvalue weighted by Gasteiger charge is 2.49. The number of rotatable bonds is 6. The smallest absolute Gasteiger partial charge is 0.338 e. The first kappa shape index (κ1) is 21.0. The second-order valence-electron chi connectivity index (χ2n) is 8.20. The number of carbonyl (C=O) groups excluding carboxylic acids is 1. The average molecular weight is 412 g/mol. The summed E-state index contributed by atoms with van der Waals surface area (Å²) in [5, 5.41) is 0. The highest BCUT2D eigenvalue weighted by molar-refractivity contribution is 5.89. The van der Waals surface area contributed by atoms with Gasteiger partial charge in [0.1, 0.15) is 6.10 Å². The van der Waals surface area contributed by atoms with Crippen molar-refractivity contribution in [2.75, 3.05) is 13.2 Å². The standard InChI is InChI=1S/C24H28O6/c1-24(2)29-21-20(26-14-17-9-5-3-6-10-17)13-18(16-28-23(21)30-24)15-27-22(25)19-11-7-4-8-12-19/h3-12,18,20-21,23H,13-16H2,1-2H3/t18-,20?,21?,23-/m1/s1. The van der Waals surface area contributed by atoms with E-state index in [1.54, 1.807) is 12.1 Å². The van der Waals surface area contributed by atoms with Gasteiger partial charge in [-0.3, -0.25) is 0 Å². The number of fused-ring (bicyclic) bond motifs is 1. The highest BCUT2D eigenvalue weighted by atomic mass is 16.8. The fraction of sp³-hybridized carbons (Fsp3) is 0.458. The van der Waals surface area contributed by atoms with E-state index in [1.807, 2.05) is 62.4 Å². The molecule has 6 nitrogen and oxygen atoms in total. The molecule has 2 saturated heterocycles. The molecule has 4 atom stereocenters. The van der Waals surface area contributed by atoms with Crippen LogP contribution in [0, 0.1) is 5.92 Å². The van der Waals surface area contributed by atoms with Gasteiger partial charge in [0, 0.05) is 5.92 Å². The van der Waals surface area contributed by atoms with Crippen LogP contribution in [0.25, 0.3) is 0 Å². The normalized spacial score (nSPS) is 27.8. The summed E-state index contributed by atoms with van der Waals surface area (Å²) in [4.78, 5) is 12.3. The minimum absolute atomic E-state index is 0.0145. The second kappa shape index (κ2) is 9.27. The van der Waals surface area contributed by atoms with E-state index in [2.05, 4.69) is 0 Å². The van der Waals surface area contributed by atoms with Crippen LogP contribution in [0.1, 0.15) is 36.2 Å². The van der Waals surface area contributed by atoms with Gasteiger partial charge in [0.2, 0.25) is 0 Å². The van der Waals surface area contributed by atoms with Crippen LogP contribution in [-0.2, 0) is 30.3 Å². The third-order valence-corrected chi connectivity index (χ3v) is 5.28. The molecule has 2 aliphatic rings. The highest BCUT2D eigenvalue weighted by Crippen LogP contribution is 2.36. The van der Waals surface area contributed by atoms with Gasteiger partial charge in [-0.25, -0.2) is 4.79 Å². The Morgan fingerprint density at radius 3 is 2.47 bits per heavy atom. The Kier molecular flexibility index (Phi) is 6.49. The quantitative estimate of drug-likeness (QED) is 0.670. The fourth-order valence-corrected chi connectivity index (χ4v) is 3.81. The van der Waals surface area contributed by atoms with Gasteiger partial charge in [-0.1, -0.05) is 48.5 Å². The molecule has 0 radical (unpaired) electrons. The third-order valence-electron chi connectivity index (χ3n) is 5.28. The van der Waals surface area contributed by atoms with Crippen molar-refractivity contribution in [3.8, 4) is 0 Å². The zero-order valence-corrected chi connectivity index (χ0v) is 17.4. The van der Waals surface area contributed by atoms with Gasteiger partial charge in [0.05, 0.1) is 31.5 Å². The molecule has 0 aromatic heterocycles. The number of esters is 1. The van der Waals surface area contributed by atoms with E-state index in [9.17, 15) is 4.79 Å². The third kappa shape index (κ3) is 5.26. The molecular weight excluding hydrogens is 384 g/mol. The van der Waals surface area contributed by atoms with Gasteiger partial charge in [0.25, 0.3) is 0 Å². The number of benzene rings is 2. The maximum atomic E-state index is 12.3. The summed E-state index contributed by atoms with van der Waals surface area (Å²) < 4.78 is 29.8. The van der Waals surface area contributed by atoms with Crippen molar-refractivity contribution < 1.29 is 28.5 Å². The van der Waals surface area contributed by atoms with Gasteiger partial charge in [-0.05, 0) is 38.0 Å². The Hall–Kier alpha value is -2.25. The van der Waals surface area contributed by atoms with Gasteiger partial charge in [-0.15, -0.1) is 0 Å². The van der Waals surface area contributed by atoms with Gasteiger partial charge < -0.3 is 23.7 Å². The first-order valence-corrected chi connectivity index (χ1v) is 10.3. The Bertz CT molecular complexity index is 822. The summed E-state index contributed by atoms with van der Waals surface area (Å²) >= 11 is 0. The van der Waals surface area contributed by atoms with E-state index in [0.29, 0.717) is 25.2 Å². The van der Waals surface area contributed by atoms with Crippen LogP contribution in [0.2, 0.25) is 0 Å². The van der Waals surface area contributed by atoms with Crippen LogP contribution < -0.4 is 0 Å². The number of hydrogen-bond acceptors (Lipinski definition) is 6. The molecule has 0 amide bonds. The molecule has 2 aromatic carbocycles. The van der Waals surface area contributed by atoms with E-state index in [1.165, 1.54) is 0 Å². The molecule has 0 saturated carbocycles. The van der Waals surface area contributed by atoms with Crippen molar-refractivity contribution in [1.82, 2.24) is 0 Å². The van der Waals surface area contributed by atoms with E-state index in [0.717, 1.165) is 5.56 Å². The summed E-state index contributed by atoms with van der Waals surface area (Å²) in [7, 11) is 0. The Balaban J connectivity index is 1.40. The molecule has 2 heterocycles. The maximum Gasteiger partial charge on any atom is 0.338 e. The average Bonchev–Trinajstić information content (AvgIpc) is 2.99. The lowest BCUT2D eigenvalue weighted by molar-refractivity contribution is -0.195. The van der Waals surface area contributed by atoms with Crippen LogP contribution in [-0.4, -0.2) is 43.5 Å². The minimum atomic E-state index is -0.726. The summed E-state index contributed by atoms with van der Waals surface area (Å²) in [6.07, 6.45) is -0.427.